The zero-order valence-corrected chi connectivity index (χ0v) is 19.1. The van der Waals surface area contributed by atoms with E-state index >= 15 is 0 Å². The molecule has 0 heterocycles. The summed E-state index contributed by atoms with van der Waals surface area (Å²) in [6.45, 7) is 16.4. The number of esters is 1. The smallest absolute Gasteiger partial charge is 0.311 e. The van der Waals surface area contributed by atoms with Gasteiger partial charge in [0, 0.05) is 0 Å². The van der Waals surface area contributed by atoms with Gasteiger partial charge in [-0.15, -0.1) is 0 Å². The molecule has 3 N–H and O–H groups in total. The Morgan fingerprint density at radius 3 is 1.37 bits per heavy atom. The van der Waals surface area contributed by atoms with Crippen LogP contribution in [-0.4, -0.2) is 44.2 Å². The zero-order valence-electron chi connectivity index (χ0n) is 19.1. The lowest BCUT2D eigenvalue weighted by Crippen LogP contribution is -2.63. The van der Waals surface area contributed by atoms with Gasteiger partial charge in [0.05, 0.1) is 28.1 Å². The largest absolute Gasteiger partial charge is 0.458 e. The van der Waals surface area contributed by atoms with Gasteiger partial charge in [-0.25, -0.2) is 0 Å². The highest BCUT2D eigenvalue weighted by molar-refractivity contribution is 5.76. The second kappa shape index (κ2) is 9.71. The van der Waals surface area contributed by atoms with E-state index in [-0.39, 0.29) is 0 Å². The van der Waals surface area contributed by atoms with Crippen LogP contribution >= 0.6 is 0 Å². The van der Waals surface area contributed by atoms with Crippen LogP contribution in [0.2, 0.25) is 0 Å². The maximum absolute atomic E-state index is 12.9. The van der Waals surface area contributed by atoms with Crippen molar-refractivity contribution in [3.05, 3.63) is 0 Å². The van der Waals surface area contributed by atoms with Crippen LogP contribution in [0.15, 0.2) is 0 Å². The topological polar surface area (TPSA) is 87.0 Å². The highest BCUT2D eigenvalue weighted by Crippen LogP contribution is 2.45. The molecule has 2 atom stereocenters. The maximum atomic E-state index is 12.9. The van der Waals surface area contributed by atoms with Gasteiger partial charge in [-0.3, -0.25) is 4.79 Å². The fraction of sp³-hybridized carbons (Fsp3) is 0.955. The molecule has 0 spiro atoms. The normalized spacial score (nSPS) is 16.9. The first kappa shape index (κ1) is 26.4. The third kappa shape index (κ3) is 5.68. The van der Waals surface area contributed by atoms with Crippen LogP contribution in [0, 0.1) is 11.3 Å². The van der Waals surface area contributed by atoms with Crippen molar-refractivity contribution < 1.29 is 24.9 Å². The van der Waals surface area contributed by atoms with Crippen LogP contribution in [0.3, 0.4) is 0 Å². The molecule has 0 saturated heterocycles. The molecule has 0 bridgehead atoms. The highest BCUT2D eigenvalue weighted by Gasteiger charge is 2.56. The van der Waals surface area contributed by atoms with E-state index in [2.05, 4.69) is 0 Å². The van der Waals surface area contributed by atoms with Crippen LogP contribution in [-0.2, 0) is 9.53 Å². The molecule has 0 aromatic rings. The van der Waals surface area contributed by atoms with Crippen molar-refractivity contribution in [2.45, 2.75) is 124 Å². The Labute approximate surface area is 166 Å². The van der Waals surface area contributed by atoms with E-state index in [1.165, 1.54) is 0 Å². The summed E-state index contributed by atoms with van der Waals surface area (Å²) >= 11 is 0. The van der Waals surface area contributed by atoms with Crippen LogP contribution in [0.4, 0.5) is 0 Å². The van der Waals surface area contributed by atoms with Gasteiger partial charge in [-0.1, -0.05) is 41.5 Å². The SMILES string of the molecule is CCC(C)(C)C(=O)OC(C(C(O)(CC)CC)C(O)(CC)CC)C(C)(O)CC. The Morgan fingerprint density at radius 2 is 1.11 bits per heavy atom. The lowest BCUT2D eigenvalue weighted by Gasteiger charge is -2.51. The molecule has 162 valence electrons. The van der Waals surface area contributed by atoms with Crippen molar-refractivity contribution in [3.63, 3.8) is 0 Å². The van der Waals surface area contributed by atoms with Crippen molar-refractivity contribution in [2.75, 3.05) is 0 Å². The minimum atomic E-state index is -1.37. The molecule has 0 aliphatic carbocycles. The molecule has 0 aromatic carbocycles. The van der Waals surface area contributed by atoms with E-state index in [4.69, 9.17) is 4.74 Å². The fourth-order valence-electron chi connectivity index (χ4n) is 3.62. The molecule has 0 fully saturated rings. The minimum Gasteiger partial charge on any atom is -0.458 e. The molecular formula is C22H44O5. The number of carbonyl (C=O) groups is 1. The lowest BCUT2D eigenvalue weighted by atomic mass is 9.64. The van der Waals surface area contributed by atoms with E-state index in [0.717, 1.165) is 0 Å². The molecule has 0 rings (SSSR count). The van der Waals surface area contributed by atoms with Crippen molar-refractivity contribution in [1.82, 2.24) is 0 Å². The summed E-state index contributed by atoms with van der Waals surface area (Å²) in [4.78, 5) is 12.9. The third-order valence-electron chi connectivity index (χ3n) is 6.91. The molecule has 0 aliphatic heterocycles. The number of rotatable bonds is 12. The van der Waals surface area contributed by atoms with E-state index in [0.29, 0.717) is 38.5 Å². The lowest BCUT2D eigenvalue weighted by molar-refractivity contribution is -0.231. The van der Waals surface area contributed by atoms with E-state index < -0.39 is 40.2 Å². The Morgan fingerprint density at radius 1 is 0.741 bits per heavy atom. The van der Waals surface area contributed by atoms with Crippen LogP contribution < -0.4 is 0 Å². The average molecular weight is 389 g/mol. The second-order valence-electron chi connectivity index (χ2n) is 8.87. The minimum absolute atomic E-state index is 0.334. The van der Waals surface area contributed by atoms with Gasteiger partial charge in [0.25, 0.3) is 0 Å². The van der Waals surface area contributed by atoms with Gasteiger partial charge in [0.1, 0.15) is 6.10 Å². The molecule has 2 unspecified atom stereocenters. The van der Waals surface area contributed by atoms with Gasteiger partial charge < -0.3 is 20.1 Å². The molecule has 0 saturated carbocycles. The van der Waals surface area contributed by atoms with Gasteiger partial charge in [0.2, 0.25) is 0 Å². The number of aliphatic hydroxyl groups is 3. The predicted octanol–water partition coefficient (Wildman–Crippen LogP) is 4.21. The molecular weight excluding hydrogens is 344 g/mol. The second-order valence-corrected chi connectivity index (χ2v) is 8.87. The van der Waals surface area contributed by atoms with E-state index in [1.807, 2.05) is 41.5 Å². The summed E-state index contributed by atoms with van der Waals surface area (Å²) in [5.74, 6) is -1.22. The predicted molar refractivity (Wildman–Crippen MR) is 109 cm³/mol. The standard InChI is InChI=1S/C22H44O5/c1-10-19(7,8)18(23)27-17(20(9,24)11-2)16(21(25,12-3)13-4)22(26,14-5)15-6/h16-17,24-26H,10-15H2,1-9H3. The van der Waals surface area contributed by atoms with Crippen molar-refractivity contribution >= 4 is 5.97 Å². The molecule has 0 radical (unpaired) electrons. The summed E-state index contributed by atoms with van der Waals surface area (Å²) in [5.41, 5.74) is -4.61. The average Bonchev–Trinajstić information content (AvgIpc) is 2.66. The van der Waals surface area contributed by atoms with Crippen molar-refractivity contribution in [2.24, 2.45) is 11.3 Å². The molecule has 5 nitrogen and oxygen atoms in total. The number of hydrogen-bond acceptors (Lipinski definition) is 5. The van der Waals surface area contributed by atoms with Gasteiger partial charge >= 0.3 is 5.97 Å². The Bertz CT molecular complexity index is 443. The van der Waals surface area contributed by atoms with Crippen LogP contribution in [0.25, 0.3) is 0 Å². The highest BCUT2D eigenvalue weighted by atomic mass is 16.6. The first-order valence-electron chi connectivity index (χ1n) is 10.6. The van der Waals surface area contributed by atoms with Crippen molar-refractivity contribution in [1.29, 1.82) is 0 Å². The van der Waals surface area contributed by atoms with Gasteiger partial charge in [0.15, 0.2) is 0 Å². The molecule has 0 aromatic heterocycles. The first-order valence-corrected chi connectivity index (χ1v) is 10.6. The zero-order chi connectivity index (χ0) is 21.7. The van der Waals surface area contributed by atoms with Gasteiger partial charge in [-0.2, -0.15) is 0 Å². The summed E-state index contributed by atoms with van der Waals surface area (Å²) in [5, 5.41) is 34.0. The third-order valence-corrected chi connectivity index (χ3v) is 6.91. The Hall–Kier alpha value is -0.650. The van der Waals surface area contributed by atoms with E-state index in [9.17, 15) is 20.1 Å². The number of carbonyl (C=O) groups excluding carboxylic acids is 1. The quantitative estimate of drug-likeness (QED) is 0.436. The fourth-order valence-corrected chi connectivity index (χ4v) is 3.62. The first-order chi connectivity index (χ1) is 12.2. The van der Waals surface area contributed by atoms with Crippen LogP contribution in [0.5, 0.6) is 0 Å². The van der Waals surface area contributed by atoms with Crippen molar-refractivity contribution in [3.8, 4) is 0 Å². The Balaban J connectivity index is 6.51. The van der Waals surface area contributed by atoms with Gasteiger partial charge in [-0.05, 0) is 59.3 Å². The number of hydrogen-bond donors (Lipinski definition) is 3. The molecule has 0 aliphatic rings. The summed E-state index contributed by atoms with van der Waals surface area (Å²) < 4.78 is 5.91. The Kier molecular flexibility index (Phi) is 9.47. The summed E-state index contributed by atoms with van der Waals surface area (Å²) in [6.07, 6.45) is 1.47. The monoisotopic (exact) mass is 388 g/mol. The summed E-state index contributed by atoms with van der Waals surface area (Å²) in [7, 11) is 0. The van der Waals surface area contributed by atoms with E-state index in [1.54, 1.807) is 20.8 Å². The summed E-state index contributed by atoms with van der Waals surface area (Å²) in [6, 6.07) is 0. The molecule has 5 heteroatoms. The van der Waals surface area contributed by atoms with Crippen LogP contribution in [0.1, 0.15) is 101 Å². The molecule has 0 amide bonds. The molecule has 27 heavy (non-hydrogen) atoms. The number of ether oxygens (including phenoxy) is 1. The maximum Gasteiger partial charge on any atom is 0.311 e.